The molecule has 1 aromatic rings. The molecule has 0 fully saturated rings. The van der Waals surface area contributed by atoms with Gasteiger partial charge in [0.2, 0.25) is 0 Å². The van der Waals surface area contributed by atoms with E-state index in [2.05, 4.69) is 11.8 Å². The van der Waals surface area contributed by atoms with Crippen molar-refractivity contribution in [2.45, 2.75) is 25.7 Å². The predicted molar refractivity (Wildman–Crippen MR) is 76.9 cm³/mol. The molecule has 0 aliphatic heterocycles. The fourth-order valence-corrected chi connectivity index (χ4v) is 2.06. The third kappa shape index (κ3) is 5.43. The van der Waals surface area contributed by atoms with Crippen LogP contribution in [0.1, 0.15) is 30.4 Å². The van der Waals surface area contributed by atoms with Crippen LogP contribution in [0, 0.1) is 11.3 Å². The van der Waals surface area contributed by atoms with Crippen LogP contribution >= 0.6 is 23.2 Å². The molecule has 0 spiro atoms. The molecule has 0 heterocycles. The lowest BCUT2D eigenvalue weighted by atomic mass is 10.00. The normalized spacial score (nSPS) is 9.39. The van der Waals surface area contributed by atoms with Gasteiger partial charge >= 0.3 is 0 Å². The molecule has 3 heteroatoms. The highest BCUT2D eigenvalue weighted by Crippen LogP contribution is 2.15. The summed E-state index contributed by atoms with van der Waals surface area (Å²) < 4.78 is 0. The number of allylic oxidation sites excluding steroid dienone is 1. The van der Waals surface area contributed by atoms with Gasteiger partial charge < -0.3 is 0 Å². The first-order chi connectivity index (χ1) is 8.80. The molecule has 18 heavy (non-hydrogen) atoms. The summed E-state index contributed by atoms with van der Waals surface area (Å²) in [6, 6.07) is 9.76. The Morgan fingerprint density at radius 2 is 2.17 bits per heavy atom. The summed E-state index contributed by atoms with van der Waals surface area (Å²) in [6.07, 6.45) is 3.75. The van der Waals surface area contributed by atoms with E-state index in [1.54, 1.807) is 6.07 Å². The number of unbranched alkanes of at least 4 members (excludes halogenated alkanes) is 1. The highest BCUT2D eigenvalue weighted by molar-refractivity contribution is 6.25. The molecular weight excluding hydrogens is 265 g/mol. The standard InChI is InChI=1S/C15H15Cl2N/c16-8-2-1-4-13(7-9-17)10-14-5-3-6-15(11-14)12-18/h3,5-6,9,11H,1-2,4,8,10H2. The summed E-state index contributed by atoms with van der Waals surface area (Å²) in [5.74, 6) is 0.682. The van der Waals surface area contributed by atoms with Crippen LogP contribution in [-0.4, -0.2) is 5.88 Å². The molecule has 0 aliphatic carbocycles. The third-order valence-electron chi connectivity index (χ3n) is 2.59. The lowest BCUT2D eigenvalue weighted by Gasteiger charge is -2.05. The number of nitrogens with zero attached hydrogens (tertiary/aromatic N) is 1. The van der Waals surface area contributed by atoms with Gasteiger partial charge in [-0.15, -0.1) is 17.3 Å². The van der Waals surface area contributed by atoms with E-state index in [1.807, 2.05) is 18.2 Å². The van der Waals surface area contributed by atoms with Crippen LogP contribution in [0.25, 0.3) is 0 Å². The zero-order chi connectivity index (χ0) is 13.2. The van der Waals surface area contributed by atoms with Crippen molar-refractivity contribution in [2.24, 2.45) is 0 Å². The molecule has 94 valence electrons. The zero-order valence-electron chi connectivity index (χ0n) is 10.1. The summed E-state index contributed by atoms with van der Waals surface area (Å²) in [5.41, 5.74) is 7.42. The van der Waals surface area contributed by atoms with Crippen LogP contribution in [0.4, 0.5) is 0 Å². The number of alkyl halides is 1. The van der Waals surface area contributed by atoms with Gasteiger partial charge in [-0.3, -0.25) is 0 Å². The average molecular weight is 280 g/mol. The first-order valence-corrected chi connectivity index (χ1v) is 6.85. The Bertz CT molecular complexity index is 480. The summed E-state index contributed by atoms with van der Waals surface area (Å²) in [6.45, 7) is 0. The first-order valence-electron chi connectivity index (χ1n) is 5.88. The minimum absolute atomic E-state index is 0.682. The molecule has 1 nitrogen and oxygen atoms in total. The molecular formula is C15H15Cl2N. The fraction of sp³-hybridized carbons (Fsp3) is 0.333. The lowest BCUT2D eigenvalue weighted by Crippen LogP contribution is -1.92. The highest BCUT2D eigenvalue weighted by atomic mass is 35.5. The maximum Gasteiger partial charge on any atom is 0.0991 e. The number of hydrogen-bond donors (Lipinski definition) is 0. The number of benzene rings is 1. The van der Waals surface area contributed by atoms with E-state index in [-0.39, 0.29) is 0 Å². The van der Waals surface area contributed by atoms with Crippen LogP contribution < -0.4 is 0 Å². The van der Waals surface area contributed by atoms with E-state index >= 15 is 0 Å². The van der Waals surface area contributed by atoms with Gasteiger partial charge in [-0.05, 0) is 42.5 Å². The molecule has 0 aromatic heterocycles. The van der Waals surface area contributed by atoms with E-state index in [0.29, 0.717) is 11.4 Å². The van der Waals surface area contributed by atoms with E-state index in [4.69, 9.17) is 28.5 Å². The van der Waals surface area contributed by atoms with Crippen molar-refractivity contribution in [3.05, 3.63) is 52.2 Å². The number of halogens is 2. The summed E-state index contributed by atoms with van der Waals surface area (Å²) in [4.78, 5) is 0. The second kappa shape index (κ2) is 8.84. The Kier molecular flexibility index (Phi) is 7.30. The molecule has 1 aromatic carbocycles. The fourth-order valence-electron chi connectivity index (χ4n) is 1.72. The zero-order valence-corrected chi connectivity index (χ0v) is 11.6. The molecule has 0 bridgehead atoms. The molecule has 0 amide bonds. The molecule has 0 unspecified atom stereocenters. The number of hydrogen-bond acceptors (Lipinski definition) is 1. The van der Waals surface area contributed by atoms with Gasteiger partial charge in [-0.2, -0.15) is 5.26 Å². The van der Waals surface area contributed by atoms with Crippen molar-refractivity contribution in [1.82, 2.24) is 0 Å². The van der Waals surface area contributed by atoms with Crippen LogP contribution in [0.3, 0.4) is 0 Å². The van der Waals surface area contributed by atoms with Crippen molar-refractivity contribution in [1.29, 1.82) is 5.26 Å². The van der Waals surface area contributed by atoms with Crippen LogP contribution in [-0.2, 0) is 6.42 Å². The minimum atomic E-state index is 0.682. The molecule has 0 aliphatic rings. The quantitative estimate of drug-likeness (QED) is 0.417. The first kappa shape index (κ1) is 14.9. The van der Waals surface area contributed by atoms with E-state index in [1.165, 1.54) is 5.54 Å². The number of rotatable bonds is 6. The Labute approximate surface area is 118 Å². The van der Waals surface area contributed by atoms with Crippen LogP contribution in [0.15, 0.2) is 41.1 Å². The van der Waals surface area contributed by atoms with Gasteiger partial charge in [0.15, 0.2) is 0 Å². The molecule has 0 saturated carbocycles. The number of nitriles is 1. The van der Waals surface area contributed by atoms with Gasteiger partial charge in [-0.25, -0.2) is 0 Å². The van der Waals surface area contributed by atoms with Crippen LogP contribution in [0.5, 0.6) is 0 Å². The van der Waals surface area contributed by atoms with E-state index in [0.717, 1.165) is 36.8 Å². The minimum Gasteiger partial charge on any atom is -0.192 e. The summed E-state index contributed by atoms with van der Waals surface area (Å²) >= 11 is 11.3. The molecule has 0 atom stereocenters. The maximum atomic E-state index is 8.86. The van der Waals surface area contributed by atoms with Crippen molar-refractivity contribution in [3.8, 4) is 6.07 Å². The van der Waals surface area contributed by atoms with Crippen molar-refractivity contribution >= 4 is 23.2 Å². The lowest BCUT2D eigenvalue weighted by molar-refractivity contribution is 0.777. The van der Waals surface area contributed by atoms with Crippen molar-refractivity contribution < 1.29 is 0 Å². The third-order valence-corrected chi connectivity index (χ3v) is 2.97. The smallest absolute Gasteiger partial charge is 0.0991 e. The van der Waals surface area contributed by atoms with Crippen molar-refractivity contribution in [3.63, 3.8) is 0 Å². The average Bonchev–Trinajstić information content (AvgIpc) is 2.39. The van der Waals surface area contributed by atoms with Gasteiger partial charge in [0.25, 0.3) is 0 Å². The Balaban J connectivity index is 2.72. The predicted octanol–water partition coefficient (Wildman–Crippen LogP) is 4.79. The monoisotopic (exact) mass is 279 g/mol. The van der Waals surface area contributed by atoms with Crippen molar-refractivity contribution in [2.75, 3.05) is 5.88 Å². The van der Waals surface area contributed by atoms with Gasteiger partial charge in [0.05, 0.1) is 11.6 Å². The van der Waals surface area contributed by atoms with Gasteiger partial charge in [0, 0.05) is 17.8 Å². The molecule has 1 rings (SSSR count). The van der Waals surface area contributed by atoms with Crippen LogP contribution in [0.2, 0.25) is 0 Å². The summed E-state index contributed by atoms with van der Waals surface area (Å²) in [5, 5.41) is 8.86. The molecule has 0 N–H and O–H groups in total. The summed E-state index contributed by atoms with van der Waals surface area (Å²) in [7, 11) is 0. The molecule has 0 saturated heterocycles. The highest BCUT2D eigenvalue weighted by Gasteiger charge is 2.01. The Morgan fingerprint density at radius 3 is 2.83 bits per heavy atom. The maximum absolute atomic E-state index is 8.86. The Morgan fingerprint density at radius 1 is 1.33 bits per heavy atom. The molecule has 0 radical (unpaired) electrons. The van der Waals surface area contributed by atoms with Gasteiger partial charge in [-0.1, -0.05) is 23.7 Å². The SMILES string of the molecule is N#Cc1cccc(CC(=C=CCl)CCCCCl)c1. The second-order valence-electron chi connectivity index (χ2n) is 3.99. The Hall–Kier alpha value is -1.19. The van der Waals surface area contributed by atoms with Gasteiger partial charge in [0.1, 0.15) is 0 Å². The topological polar surface area (TPSA) is 23.8 Å². The van der Waals surface area contributed by atoms with E-state index in [9.17, 15) is 0 Å². The second-order valence-corrected chi connectivity index (χ2v) is 4.59. The van der Waals surface area contributed by atoms with E-state index < -0.39 is 0 Å². The largest absolute Gasteiger partial charge is 0.192 e.